The summed E-state index contributed by atoms with van der Waals surface area (Å²) in [6.45, 7) is 1.61. The molecule has 7 heteroatoms. The minimum Gasteiger partial charge on any atom is -0.493 e. The maximum atomic E-state index is 12.4. The van der Waals surface area contributed by atoms with Gasteiger partial charge in [-0.05, 0) is 17.7 Å². The molecule has 0 aliphatic carbocycles. The van der Waals surface area contributed by atoms with Crippen LogP contribution in [-0.4, -0.2) is 41.7 Å². The van der Waals surface area contributed by atoms with Gasteiger partial charge in [0.2, 0.25) is 0 Å². The maximum absolute atomic E-state index is 12.4. The lowest BCUT2D eigenvalue weighted by Crippen LogP contribution is -2.42. The van der Waals surface area contributed by atoms with E-state index in [1.54, 1.807) is 31.6 Å². The molecule has 7 nitrogen and oxygen atoms in total. The zero-order chi connectivity index (χ0) is 16.9. The van der Waals surface area contributed by atoms with E-state index < -0.39 is 0 Å². The van der Waals surface area contributed by atoms with E-state index in [9.17, 15) is 4.79 Å². The largest absolute Gasteiger partial charge is 0.493 e. The van der Waals surface area contributed by atoms with E-state index in [2.05, 4.69) is 15.3 Å². The number of hydrogen-bond acceptors (Lipinski definition) is 5. The van der Waals surface area contributed by atoms with Crippen molar-refractivity contribution >= 4 is 6.03 Å². The van der Waals surface area contributed by atoms with Gasteiger partial charge >= 0.3 is 6.03 Å². The molecule has 0 saturated heterocycles. The van der Waals surface area contributed by atoms with Crippen molar-refractivity contribution in [1.29, 1.82) is 0 Å². The number of nitrogens with one attached hydrogen (secondary N) is 1. The van der Waals surface area contributed by atoms with Gasteiger partial charge in [-0.3, -0.25) is 0 Å². The first-order chi connectivity index (χ1) is 11.7. The van der Waals surface area contributed by atoms with Gasteiger partial charge in [0.15, 0.2) is 11.5 Å². The van der Waals surface area contributed by atoms with Crippen LogP contribution in [0.1, 0.15) is 16.8 Å². The van der Waals surface area contributed by atoms with Crippen LogP contribution in [0.25, 0.3) is 0 Å². The van der Waals surface area contributed by atoms with Crippen LogP contribution in [0.15, 0.2) is 30.7 Å². The van der Waals surface area contributed by atoms with E-state index in [0.717, 1.165) is 23.2 Å². The highest BCUT2D eigenvalue weighted by molar-refractivity contribution is 5.74. The minimum atomic E-state index is -0.0979. The van der Waals surface area contributed by atoms with Crippen molar-refractivity contribution in [2.45, 2.75) is 19.5 Å². The van der Waals surface area contributed by atoms with E-state index in [1.807, 2.05) is 18.2 Å². The topological polar surface area (TPSA) is 76.6 Å². The molecule has 1 aromatic carbocycles. The molecule has 2 amide bonds. The summed E-state index contributed by atoms with van der Waals surface area (Å²) in [7, 11) is 3.19. The molecule has 126 valence electrons. The summed E-state index contributed by atoms with van der Waals surface area (Å²) in [4.78, 5) is 22.4. The van der Waals surface area contributed by atoms with Crippen molar-refractivity contribution in [3.05, 3.63) is 47.5 Å². The number of aromatic nitrogens is 2. The molecule has 0 bridgehead atoms. The number of ether oxygens (including phenoxy) is 2. The molecular weight excluding hydrogens is 308 g/mol. The lowest BCUT2D eigenvalue weighted by atomic mass is 10.1. The smallest absolute Gasteiger partial charge is 0.317 e. The molecule has 24 heavy (non-hydrogen) atoms. The summed E-state index contributed by atoms with van der Waals surface area (Å²) < 4.78 is 10.5. The summed E-state index contributed by atoms with van der Waals surface area (Å²) in [5.41, 5.74) is 2.97. The van der Waals surface area contributed by atoms with Crippen LogP contribution in [0.2, 0.25) is 0 Å². The Balaban J connectivity index is 1.60. The SMILES string of the molecule is COc1ccc(CNC(=O)N2CCc3ncncc3C2)cc1OC. The number of carbonyl (C=O) groups is 1. The van der Waals surface area contributed by atoms with Crippen LogP contribution in [0.5, 0.6) is 11.5 Å². The molecule has 0 fully saturated rings. The first-order valence-electron chi connectivity index (χ1n) is 7.72. The molecule has 0 spiro atoms. The van der Waals surface area contributed by atoms with Crippen molar-refractivity contribution in [2.75, 3.05) is 20.8 Å². The normalized spacial score (nSPS) is 13.2. The monoisotopic (exact) mass is 328 g/mol. The number of nitrogens with zero attached hydrogens (tertiary/aromatic N) is 3. The number of rotatable bonds is 4. The Morgan fingerprint density at radius 1 is 1.29 bits per heavy atom. The first-order valence-corrected chi connectivity index (χ1v) is 7.72. The second-order valence-electron chi connectivity index (χ2n) is 5.51. The van der Waals surface area contributed by atoms with E-state index in [-0.39, 0.29) is 6.03 Å². The Morgan fingerprint density at radius 2 is 2.12 bits per heavy atom. The third kappa shape index (κ3) is 3.40. The maximum Gasteiger partial charge on any atom is 0.317 e. The van der Waals surface area contributed by atoms with E-state index in [0.29, 0.717) is 31.1 Å². The summed E-state index contributed by atoms with van der Waals surface area (Å²) in [5, 5.41) is 2.94. The van der Waals surface area contributed by atoms with Gasteiger partial charge in [-0.15, -0.1) is 0 Å². The van der Waals surface area contributed by atoms with Crippen LogP contribution in [0, 0.1) is 0 Å². The van der Waals surface area contributed by atoms with Gasteiger partial charge in [-0.1, -0.05) is 6.07 Å². The first kappa shape index (κ1) is 16.0. The highest BCUT2D eigenvalue weighted by atomic mass is 16.5. The Hall–Kier alpha value is -2.83. The fourth-order valence-electron chi connectivity index (χ4n) is 2.72. The third-order valence-corrected chi connectivity index (χ3v) is 4.04. The third-order valence-electron chi connectivity index (χ3n) is 4.04. The molecule has 1 aromatic heterocycles. The lowest BCUT2D eigenvalue weighted by Gasteiger charge is -2.28. The second-order valence-corrected chi connectivity index (χ2v) is 5.51. The second kappa shape index (κ2) is 7.16. The number of methoxy groups -OCH3 is 2. The van der Waals surface area contributed by atoms with Gasteiger partial charge in [0.1, 0.15) is 6.33 Å². The number of benzene rings is 1. The van der Waals surface area contributed by atoms with Gasteiger partial charge in [0, 0.05) is 31.3 Å². The molecule has 1 N–H and O–H groups in total. The van der Waals surface area contributed by atoms with Crippen molar-refractivity contribution in [1.82, 2.24) is 20.2 Å². The van der Waals surface area contributed by atoms with Crippen LogP contribution in [0.4, 0.5) is 4.79 Å². The van der Waals surface area contributed by atoms with Gasteiger partial charge < -0.3 is 19.7 Å². The zero-order valence-corrected chi connectivity index (χ0v) is 13.8. The quantitative estimate of drug-likeness (QED) is 0.925. The van der Waals surface area contributed by atoms with Crippen molar-refractivity contribution in [2.24, 2.45) is 0 Å². The average molecular weight is 328 g/mol. The molecule has 1 aliphatic rings. The van der Waals surface area contributed by atoms with Crippen molar-refractivity contribution < 1.29 is 14.3 Å². The van der Waals surface area contributed by atoms with Gasteiger partial charge in [0.25, 0.3) is 0 Å². The number of fused-ring (bicyclic) bond motifs is 1. The highest BCUT2D eigenvalue weighted by Gasteiger charge is 2.21. The highest BCUT2D eigenvalue weighted by Crippen LogP contribution is 2.27. The van der Waals surface area contributed by atoms with Crippen molar-refractivity contribution in [3.63, 3.8) is 0 Å². The summed E-state index contributed by atoms with van der Waals surface area (Å²) >= 11 is 0. The molecule has 0 radical (unpaired) electrons. The zero-order valence-electron chi connectivity index (χ0n) is 13.8. The van der Waals surface area contributed by atoms with E-state index in [1.165, 1.54) is 0 Å². The molecule has 0 unspecified atom stereocenters. The van der Waals surface area contributed by atoms with Crippen LogP contribution >= 0.6 is 0 Å². The van der Waals surface area contributed by atoms with Gasteiger partial charge in [-0.2, -0.15) is 0 Å². The van der Waals surface area contributed by atoms with Gasteiger partial charge in [0.05, 0.1) is 26.5 Å². The molecule has 2 aromatic rings. The Bertz CT molecular complexity index is 736. The van der Waals surface area contributed by atoms with Crippen LogP contribution in [0.3, 0.4) is 0 Å². The standard InChI is InChI=1S/C17H20N4O3/c1-23-15-4-3-12(7-16(15)24-2)8-19-17(22)21-6-5-14-13(10-21)9-18-11-20-14/h3-4,7,9,11H,5-6,8,10H2,1-2H3,(H,19,22). The molecule has 2 heterocycles. The summed E-state index contributed by atoms with van der Waals surface area (Å²) in [6.07, 6.45) is 4.07. The summed E-state index contributed by atoms with van der Waals surface area (Å²) in [5.74, 6) is 1.31. The van der Waals surface area contributed by atoms with Gasteiger partial charge in [-0.25, -0.2) is 14.8 Å². The fourth-order valence-corrected chi connectivity index (χ4v) is 2.72. The Labute approximate surface area is 140 Å². The number of carbonyl (C=O) groups excluding carboxylic acids is 1. The van der Waals surface area contributed by atoms with Crippen LogP contribution < -0.4 is 14.8 Å². The predicted molar refractivity (Wildman–Crippen MR) is 87.9 cm³/mol. The molecule has 3 rings (SSSR count). The average Bonchev–Trinajstić information content (AvgIpc) is 2.65. The molecule has 0 atom stereocenters. The summed E-state index contributed by atoms with van der Waals surface area (Å²) in [6, 6.07) is 5.49. The fraction of sp³-hybridized carbons (Fsp3) is 0.353. The van der Waals surface area contributed by atoms with E-state index >= 15 is 0 Å². The minimum absolute atomic E-state index is 0.0979. The lowest BCUT2D eigenvalue weighted by molar-refractivity contribution is 0.191. The molecule has 1 aliphatic heterocycles. The number of hydrogen-bond donors (Lipinski definition) is 1. The predicted octanol–water partition coefficient (Wildman–Crippen LogP) is 1.76. The van der Waals surface area contributed by atoms with Crippen molar-refractivity contribution in [3.8, 4) is 11.5 Å². The van der Waals surface area contributed by atoms with E-state index in [4.69, 9.17) is 9.47 Å². The Morgan fingerprint density at radius 3 is 2.92 bits per heavy atom. The molecule has 0 saturated carbocycles. The number of urea groups is 1. The van der Waals surface area contributed by atoms with Crippen LogP contribution in [-0.2, 0) is 19.5 Å². The number of amides is 2. The molecular formula is C17H20N4O3. The Kier molecular flexibility index (Phi) is 4.79.